The number of aromatic nitrogens is 1. The van der Waals surface area contributed by atoms with Crippen LogP contribution in [0.5, 0.6) is 5.75 Å². The fourth-order valence-electron chi connectivity index (χ4n) is 4.82. The molecule has 0 bridgehead atoms. The molecular weight excluding hydrogens is 498 g/mol. The number of anilines is 1. The van der Waals surface area contributed by atoms with Crippen LogP contribution in [0.2, 0.25) is 0 Å². The Morgan fingerprint density at radius 3 is 2.53 bits per heavy atom. The van der Waals surface area contributed by atoms with E-state index in [1.54, 1.807) is 36.5 Å². The van der Waals surface area contributed by atoms with Crippen molar-refractivity contribution in [1.29, 1.82) is 0 Å². The summed E-state index contributed by atoms with van der Waals surface area (Å²) in [5.41, 5.74) is 1.67. The zero-order chi connectivity index (χ0) is 26.4. The number of ether oxygens (including phenoxy) is 1. The molecule has 7 nitrogen and oxygen atoms in total. The molecule has 5 rings (SSSR count). The van der Waals surface area contributed by atoms with Crippen LogP contribution in [0.1, 0.15) is 48.0 Å². The third kappa shape index (κ3) is 6.14. The van der Waals surface area contributed by atoms with Gasteiger partial charge in [0, 0.05) is 18.1 Å². The summed E-state index contributed by atoms with van der Waals surface area (Å²) in [4.78, 5) is 17.6. The smallest absolute Gasteiger partial charge is 0.264 e. The Morgan fingerprint density at radius 2 is 1.71 bits per heavy atom. The van der Waals surface area contributed by atoms with Gasteiger partial charge in [0.15, 0.2) is 0 Å². The summed E-state index contributed by atoms with van der Waals surface area (Å²) in [7, 11) is -4.04. The Hall–Kier alpha value is -3.91. The number of hydrogen-bond acceptors (Lipinski definition) is 5. The van der Waals surface area contributed by atoms with E-state index in [1.807, 2.05) is 42.5 Å². The molecule has 196 valence electrons. The number of nitrogens with zero attached hydrogens (tertiary/aromatic N) is 1. The molecule has 0 aliphatic heterocycles. The molecule has 0 radical (unpaired) electrons. The second-order valence-corrected chi connectivity index (χ2v) is 11.3. The predicted molar refractivity (Wildman–Crippen MR) is 149 cm³/mol. The number of nitrogens with one attached hydrogen (secondary N) is 2. The van der Waals surface area contributed by atoms with Gasteiger partial charge in [-0.15, -0.1) is 0 Å². The number of fused-ring (bicyclic) bond motifs is 1. The second kappa shape index (κ2) is 11.6. The summed E-state index contributed by atoms with van der Waals surface area (Å²) in [6, 6.07) is 23.0. The van der Waals surface area contributed by atoms with Crippen molar-refractivity contribution in [1.82, 2.24) is 10.3 Å². The zero-order valence-electron chi connectivity index (χ0n) is 21.1. The van der Waals surface area contributed by atoms with Gasteiger partial charge in [-0.3, -0.25) is 14.5 Å². The first-order valence-electron chi connectivity index (χ1n) is 13.0. The van der Waals surface area contributed by atoms with Crippen LogP contribution in [-0.2, 0) is 16.6 Å². The first-order chi connectivity index (χ1) is 18.5. The van der Waals surface area contributed by atoms with Gasteiger partial charge < -0.3 is 10.1 Å². The van der Waals surface area contributed by atoms with Crippen LogP contribution < -0.4 is 14.8 Å². The molecule has 0 spiro atoms. The van der Waals surface area contributed by atoms with E-state index in [9.17, 15) is 13.2 Å². The van der Waals surface area contributed by atoms with Gasteiger partial charge in [0.2, 0.25) is 0 Å². The molecule has 1 aliphatic rings. The van der Waals surface area contributed by atoms with Crippen molar-refractivity contribution in [3.63, 3.8) is 0 Å². The number of pyridine rings is 1. The van der Waals surface area contributed by atoms with E-state index in [2.05, 4.69) is 15.0 Å². The summed E-state index contributed by atoms with van der Waals surface area (Å²) >= 11 is 0. The molecule has 4 aromatic rings. The number of benzene rings is 3. The second-order valence-electron chi connectivity index (χ2n) is 9.63. The van der Waals surface area contributed by atoms with E-state index in [1.165, 1.54) is 25.3 Å². The van der Waals surface area contributed by atoms with Crippen LogP contribution in [0.25, 0.3) is 10.9 Å². The van der Waals surface area contributed by atoms with Gasteiger partial charge in [-0.25, -0.2) is 8.42 Å². The van der Waals surface area contributed by atoms with E-state index < -0.39 is 15.9 Å². The van der Waals surface area contributed by atoms with Crippen molar-refractivity contribution >= 4 is 32.5 Å². The summed E-state index contributed by atoms with van der Waals surface area (Å²) < 4.78 is 35.6. The fraction of sp³-hybridized carbons (Fsp3) is 0.267. The summed E-state index contributed by atoms with van der Waals surface area (Å²) in [6.45, 7) is 0.893. The number of carbonyl (C=O) groups is 1. The summed E-state index contributed by atoms with van der Waals surface area (Å²) in [6.07, 6.45) is 7.53. The highest BCUT2D eigenvalue weighted by molar-refractivity contribution is 7.93. The largest absolute Gasteiger partial charge is 0.493 e. The lowest BCUT2D eigenvalue weighted by atomic mass is 9.90. The molecule has 0 unspecified atom stereocenters. The van der Waals surface area contributed by atoms with Crippen LogP contribution in [0.4, 0.5) is 5.69 Å². The maximum absolute atomic E-state index is 13.5. The van der Waals surface area contributed by atoms with Gasteiger partial charge in [-0.05, 0) is 54.7 Å². The molecule has 3 aromatic carbocycles. The highest BCUT2D eigenvalue weighted by atomic mass is 32.2. The van der Waals surface area contributed by atoms with E-state index in [4.69, 9.17) is 4.74 Å². The average Bonchev–Trinajstić information content (AvgIpc) is 2.96. The van der Waals surface area contributed by atoms with Crippen molar-refractivity contribution in [2.24, 2.45) is 5.92 Å². The maximum atomic E-state index is 13.5. The lowest BCUT2D eigenvalue weighted by Crippen LogP contribution is -2.25. The molecule has 8 heteroatoms. The third-order valence-electron chi connectivity index (χ3n) is 6.87. The van der Waals surface area contributed by atoms with Crippen molar-refractivity contribution in [3.05, 3.63) is 96.2 Å². The number of para-hydroxylation sites is 1. The first-order valence-corrected chi connectivity index (χ1v) is 14.4. The standard InChI is InChI=1S/C30H31N3O4S/c34-30(32-20-22-9-3-1-4-10-22)26-19-25(37-21-23-11-5-2-6-12-23)16-17-27(26)33-38(35,36)28-15-7-13-24-14-8-18-31-29(24)28/h1,3-4,7-10,13-19,23,33H,2,5-6,11-12,20-21H2,(H,32,34). The van der Waals surface area contributed by atoms with Crippen molar-refractivity contribution in [3.8, 4) is 5.75 Å². The molecule has 0 atom stereocenters. The highest BCUT2D eigenvalue weighted by Gasteiger charge is 2.23. The summed E-state index contributed by atoms with van der Waals surface area (Å²) in [5.74, 6) is 0.636. The normalized spacial score (nSPS) is 14.2. The Morgan fingerprint density at radius 1 is 0.921 bits per heavy atom. The number of sulfonamides is 1. The number of rotatable bonds is 9. The van der Waals surface area contributed by atoms with Gasteiger partial charge in [-0.2, -0.15) is 0 Å². The molecule has 1 aromatic heterocycles. The molecule has 1 fully saturated rings. The van der Waals surface area contributed by atoms with Gasteiger partial charge in [0.1, 0.15) is 10.6 Å². The van der Waals surface area contributed by atoms with E-state index in [0.29, 0.717) is 35.7 Å². The topological polar surface area (TPSA) is 97.4 Å². The van der Waals surface area contributed by atoms with Crippen LogP contribution in [0, 0.1) is 5.92 Å². The number of carbonyl (C=O) groups excluding carboxylic acids is 1. The lowest BCUT2D eigenvalue weighted by molar-refractivity contribution is 0.0951. The van der Waals surface area contributed by atoms with Crippen LogP contribution in [0.3, 0.4) is 0 Å². The Balaban J connectivity index is 1.42. The first kappa shape index (κ1) is 25.7. The van der Waals surface area contributed by atoms with Gasteiger partial charge in [0.25, 0.3) is 15.9 Å². The molecular formula is C30H31N3O4S. The molecule has 1 aliphatic carbocycles. The van der Waals surface area contributed by atoms with E-state index >= 15 is 0 Å². The molecule has 1 saturated carbocycles. The molecule has 0 saturated heterocycles. The minimum atomic E-state index is -4.04. The molecule has 1 amide bonds. The van der Waals surface area contributed by atoms with Crippen LogP contribution in [-0.4, -0.2) is 25.9 Å². The zero-order valence-corrected chi connectivity index (χ0v) is 21.9. The van der Waals surface area contributed by atoms with Gasteiger partial charge in [-0.1, -0.05) is 67.8 Å². The van der Waals surface area contributed by atoms with Gasteiger partial charge in [0.05, 0.1) is 23.4 Å². The number of amides is 1. The third-order valence-corrected chi connectivity index (χ3v) is 8.27. The lowest BCUT2D eigenvalue weighted by Gasteiger charge is -2.22. The minimum absolute atomic E-state index is 0.0452. The summed E-state index contributed by atoms with van der Waals surface area (Å²) in [5, 5.41) is 3.61. The van der Waals surface area contributed by atoms with Gasteiger partial charge >= 0.3 is 0 Å². The quantitative estimate of drug-likeness (QED) is 0.280. The van der Waals surface area contributed by atoms with Crippen LogP contribution >= 0.6 is 0 Å². The molecule has 1 heterocycles. The van der Waals surface area contributed by atoms with E-state index in [0.717, 1.165) is 18.4 Å². The van der Waals surface area contributed by atoms with Crippen molar-refractivity contribution in [2.75, 3.05) is 11.3 Å². The van der Waals surface area contributed by atoms with Crippen molar-refractivity contribution in [2.45, 2.75) is 43.5 Å². The SMILES string of the molecule is O=C(NCc1ccccc1)c1cc(OCC2CCCCC2)ccc1NS(=O)(=O)c1cccc2cccnc12. The van der Waals surface area contributed by atoms with Crippen LogP contribution in [0.15, 0.2) is 90.0 Å². The Bertz CT molecular complexity index is 1510. The minimum Gasteiger partial charge on any atom is -0.493 e. The Labute approximate surface area is 223 Å². The highest BCUT2D eigenvalue weighted by Crippen LogP contribution is 2.29. The molecule has 2 N–H and O–H groups in total. The molecule has 38 heavy (non-hydrogen) atoms. The monoisotopic (exact) mass is 529 g/mol. The fourth-order valence-corrected chi connectivity index (χ4v) is 6.08. The van der Waals surface area contributed by atoms with Crippen molar-refractivity contribution < 1.29 is 17.9 Å². The van der Waals surface area contributed by atoms with E-state index in [-0.39, 0.29) is 16.1 Å². The number of hydrogen-bond donors (Lipinski definition) is 2. The average molecular weight is 530 g/mol. The Kier molecular flexibility index (Phi) is 7.89. The maximum Gasteiger partial charge on any atom is 0.264 e. The predicted octanol–water partition coefficient (Wildman–Crippen LogP) is 5.92.